The van der Waals surface area contributed by atoms with Crippen molar-refractivity contribution in [1.29, 1.82) is 0 Å². The van der Waals surface area contributed by atoms with Gasteiger partial charge in [-0.3, -0.25) is 10.1 Å². The zero-order chi connectivity index (χ0) is 14.4. The van der Waals surface area contributed by atoms with Gasteiger partial charge in [0.15, 0.2) is 0 Å². The van der Waals surface area contributed by atoms with Gasteiger partial charge in [0.1, 0.15) is 6.26 Å². The normalized spacial score (nSPS) is 10.5. The van der Waals surface area contributed by atoms with Crippen molar-refractivity contribution in [1.82, 2.24) is 4.98 Å². The van der Waals surface area contributed by atoms with Crippen LogP contribution in [0.5, 0.6) is 0 Å². The number of benzene rings is 1. The highest BCUT2D eigenvalue weighted by molar-refractivity contribution is 6.04. The number of hydrogen-bond donors (Lipinski definition) is 1. The quantitative estimate of drug-likeness (QED) is 0.809. The monoisotopic (exact) mass is 272 g/mol. The Bertz CT molecular complexity index is 575. The lowest BCUT2D eigenvalue weighted by Gasteiger charge is -2.08. The Morgan fingerprint density at radius 1 is 1.30 bits per heavy atom. The van der Waals surface area contributed by atoms with Crippen LogP contribution >= 0.6 is 0 Å². The zero-order valence-electron chi connectivity index (χ0n) is 12.0. The highest BCUT2D eigenvalue weighted by Crippen LogP contribution is 2.15. The number of rotatable bonds is 6. The third kappa shape index (κ3) is 3.70. The molecule has 0 fully saturated rings. The van der Waals surface area contributed by atoms with E-state index in [9.17, 15) is 4.79 Å². The molecule has 4 nitrogen and oxygen atoms in total. The third-order valence-electron chi connectivity index (χ3n) is 3.15. The van der Waals surface area contributed by atoms with Crippen molar-refractivity contribution in [2.75, 3.05) is 5.32 Å². The second-order valence-electron chi connectivity index (χ2n) is 4.86. The molecule has 1 amide bonds. The molecule has 2 aromatic rings. The Hall–Kier alpha value is -2.10. The number of nitrogens with zero attached hydrogens (tertiary/aromatic N) is 1. The highest BCUT2D eigenvalue weighted by atomic mass is 16.4. The van der Waals surface area contributed by atoms with Crippen LogP contribution in [0.15, 0.2) is 34.9 Å². The average molecular weight is 272 g/mol. The maximum Gasteiger partial charge on any atom is 0.301 e. The van der Waals surface area contributed by atoms with Crippen LogP contribution in [0.4, 0.5) is 6.01 Å². The Morgan fingerprint density at radius 3 is 2.80 bits per heavy atom. The van der Waals surface area contributed by atoms with Crippen LogP contribution in [0.25, 0.3) is 0 Å². The molecule has 0 aliphatic heterocycles. The molecule has 20 heavy (non-hydrogen) atoms. The summed E-state index contributed by atoms with van der Waals surface area (Å²) in [6.45, 7) is 3.99. The number of amides is 1. The minimum atomic E-state index is -0.168. The topological polar surface area (TPSA) is 55.1 Å². The van der Waals surface area contributed by atoms with Gasteiger partial charge in [-0.2, -0.15) is 4.98 Å². The van der Waals surface area contributed by atoms with Crippen LogP contribution < -0.4 is 5.32 Å². The molecule has 106 valence electrons. The van der Waals surface area contributed by atoms with Gasteiger partial charge < -0.3 is 4.42 Å². The lowest BCUT2D eigenvalue weighted by molar-refractivity contribution is 0.102. The van der Waals surface area contributed by atoms with Crippen LogP contribution in [-0.4, -0.2) is 10.9 Å². The molecule has 0 radical (unpaired) electrons. The van der Waals surface area contributed by atoms with E-state index >= 15 is 0 Å². The fourth-order valence-electron chi connectivity index (χ4n) is 2.10. The number of aryl methyl sites for hydroxylation is 2. The van der Waals surface area contributed by atoms with Gasteiger partial charge >= 0.3 is 6.01 Å². The molecule has 0 atom stereocenters. The number of aromatic nitrogens is 1. The van der Waals surface area contributed by atoms with Gasteiger partial charge in [-0.15, -0.1) is 0 Å². The summed E-state index contributed by atoms with van der Waals surface area (Å²) < 4.78 is 5.15. The molecular formula is C16H20N2O2. The molecule has 1 heterocycles. The summed E-state index contributed by atoms with van der Waals surface area (Å²) in [5.41, 5.74) is 2.51. The van der Waals surface area contributed by atoms with Gasteiger partial charge in [-0.05, 0) is 31.4 Å². The van der Waals surface area contributed by atoms with Crippen molar-refractivity contribution in [3.63, 3.8) is 0 Å². The van der Waals surface area contributed by atoms with Gasteiger partial charge in [-0.25, -0.2) is 0 Å². The van der Waals surface area contributed by atoms with E-state index in [-0.39, 0.29) is 11.9 Å². The Balaban J connectivity index is 2.08. The molecule has 0 aliphatic rings. The summed E-state index contributed by atoms with van der Waals surface area (Å²) >= 11 is 0. The molecule has 0 saturated heterocycles. The average Bonchev–Trinajstić information content (AvgIpc) is 2.85. The number of carbonyl (C=O) groups excluding carboxylic acids is 1. The molecule has 1 N–H and O–H groups in total. The lowest BCUT2D eigenvalue weighted by atomic mass is 10.0. The predicted octanol–water partition coefficient (Wildman–Crippen LogP) is 3.97. The number of carbonyl (C=O) groups is 1. The number of anilines is 1. The van der Waals surface area contributed by atoms with Gasteiger partial charge in [0.25, 0.3) is 5.91 Å². The van der Waals surface area contributed by atoms with E-state index in [1.54, 1.807) is 0 Å². The van der Waals surface area contributed by atoms with Crippen LogP contribution in [0.1, 0.15) is 47.8 Å². The first kappa shape index (κ1) is 14.3. The van der Waals surface area contributed by atoms with Gasteiger partial charge in [0.05, 0.1) is 5.69 Å². The summed E-state index contributed by atoms with van der Waals surface area (Å²) in [4.78, 5) is 16.3. The van der Waals surface area contributed by atoms with Crippen molar-refractivity contribution in [2.45, 2.75) is 39.5 Å². The number of oxazole rings is 1. The van der Waals surface area contributed by atoms with E-state index in [1.807, 2.05) is 31.2 Å². The first-order valence-electron chi connectivity index (χ1n) is 7.02. The molecule has 0 spiro atoms. The van der Waals surface area contributed by atoms with E-state index in [1.165, 1.54) is 19.1 Å². The second kappa shape index (κ2) is 6.89. The minimum Gasteiger partial charge on any atom is -0.432 e. The van der Waals surface area contributed by atoms with Crippen molar-refractivity contribution in [2.24, 2.45) is 0 Å². The SMILES string of the molecule is CCCCCc1ccccc1C(=O)Nc1nc(C)co1. The van der Waals surface area contributed by atoms with E-state index < -0.39 is 0 Å². The standard InChI is InChI=1S/C16H20N2O2/c1-3-4-5-8-13-9-6-7-10-14(13)15(19)18-16-17-12(2)11-20-16/h6-7,9-11H,3-5,8H2,1-2H3,(H,17,18,19). The van der Waals surface area contributed by atoms with Crippen LogP contribution in [0.2, 0.25) is 0 Å². The zero-order valence-corrected chi connectivity index (χ0v) is 12.0. The molecule has 1 aromatic heterocycles. The van der Waals surface area contributed by atoms with Crippen LogP contribution in [0.3, 0.4) is 0 Å². The number of nitrogens with one attached hydrogen (secondary N) is 1. The maximum atomic E-state index is 12.3. The summed E-state index contributed by atoms with van der Waals surface area (Å²) in [5, 5.41) is 2.69. The summed E-state index contributed by atoms with van der Waals surface area (Å²) in [6, 6.07) is 7.93. The highest BCUT2D eigenvalue weighted by Gasteiger charge is 2.13. The third-order valence-corrected chi connectivity index (χ3v) is 3.15. The van der Waals surface area contributed by atoms with Gasteiger partial charge in [0.2, 0.25) is 0 Å². The second-order valence-corrected chi connectivity index (χ2v) is 4.86. The van der Waals surface area contributed by atoms with Gasteiger partial charge in [0, 0.05) is 5.56 Å². The largest absolute Gasteiger partial charge is 0.432 e. The van der Waals surface area contributed by atoms with Crippen LogP contribution in [0, 0.1) is 6.92 Å². The number of hydrogen-bond acceptors (Lipinski definition) is 3. The Labute approximate surface area is 119 Å². The molecular weight excluding hydrogens is 252 g/mol. The Kier molecular flexibility index (Phi) is 4.93. The molecule has 4 heteroatoms. The first-order valence-corrected chi connectivity index (χ1v) is 7.02. The summed E-state index contributed by atoms with van der Waals surface area (Å²) in [7, 11) is 0. The minimum absolute atomic E-state index is 0.168. The van der Waals surface area contributed by atoms with Crippen molar-refractivity contribution in [3.8, 4) is 0 Å². The smallest absolute Gasteiger partial charge is 0.301 e. The fourth-order valence-corrected chi connectivity index (χ4v) is 2.10. The maximum absolute atomic E-state index is 12.3. The molecule has 1 aromatic carbocycles. The van der Waals surface area contributed by atoms with E-state index in [2.05, 4.69) is 17.2 Å². The fraction of sp³-hybridized carbons (Fsp3) is 0.375. The molecule has 0 aliphatic carbocycles. The molecule has 0 bridgehead atoms. The van der Waals surface area contributed by atoms with Gasteiger partial charge in [-0.1, -0.05) is 38.0 Å². The summed E-state index contributed by atoms with van der Waals surface area (Å²) in [6.07, 6.45) is 5.88. The molecule has 2 rings (SSSR count). The van der Waals surface area contributed by atoms with E-state index in [0.717, 1.165) is 24.1 Å². The first-order chi connectivity index (χ1) is 9.70. The van der Waals surface area contributed by atoms with Crippen molar-refractivity contribution >= 4 is 11.9 Å². The lowest BCUT2D eigenvalue weighted by Crippen LogP contribution is -2.14. The van der Waals surface area contributed by atoms with Crippen molar-refractivity contribution < 1.29 is 9.21 Å². The van der Waals surface area contributed by atoms with Crippen molar-refractivity contribution in [3.05, 3.63) is 47.3 Å². The predicted molar refractivity (Wildman–Crippen MR) is 78.9 cm³/mol. The molecule has 0 unspecified atom stereocenters. The van der Waals surface area contributed by atoms with E-state index in [4.69, 9.17) is 4.42 Å². The number of unbranched alkanes of at least 4 members (excludes halogenated alkanes) is 2. The van der Waals surface area contributed by atoms with Crippen LogP contribution in [-0.2, 0) is 6.42 Å². The molecule has 0 saturated carbocycles. The Morgan fingerprint density at radius 2 is 2.10 bits per heavy atom. The van der Waals surface area contributed by atoms with E-state index in [0.29, 0.717) is 5.56 Å². The summed E-state index contributed by atoms with van der Waals surface area (Å²) in [5.74, 6) is -0.168.